The van der Waals surface area contributed by atoms with Crippen LogP contribution in [0.2, 0.25) is 0 Å². The smallest absolute Gasteiger partial charge is 0.237 e. The van der Waals surface area contributed by atoms with Crippen molar-refractivity contribution in [2.75, 3.05) is 6.54 Å². The van der Waals surface area contributed by atoms with Crippen molar-refractivity contribution in [3.8, 4) is 0 Å². The lowest BCUT2D eigenvalue weighted by Gasteiger charge is -2.39. The summed E-state index contributed by atoms with van der Waals surface area (Å²) in [6, 6.07) is 0.513. The monoisotopic (exact) mass is 292 g/mol. The van der Waals surface area contributed by atoms with Gasteiger partial charge in [0.2, 0.25) is 11.8 Å². The Labute approximate surface area is 125 Å². The summed E-state index contributed by atoms with van der Waals surface area (Å²) in [7, 11) is 0. The van der Waals surface area contributed by atoms with E-state index in [1.54, 1.807) is 6.92 Å². The van der Waals surface area contributed by atoms with E-state index < -0.39 is 0 Å². The fraction of sp³-hybridized carbons (Fsp3) is 0.800. The standard InChI is InChI=1S/C15H24N4O2/c1-10-17-14(19-21-10)8-9-16-15(20)13-7-6-11-4-2-3-5-12(11)18-13/h11-13,18H,2-9H2,1H3,(H,16,20). The lowest BCUT2D eigenvalue weighted by atomic mass is 9.77. The Morgan fingerprint density at radius 3 is 3.00 bits per heavy atom. The summed E-state index contributed by atoms with van der Waals surface area (Å²) in [5.74, 6) is 2.11. The molecule has 1 aliphatic heterocycles. The maximum absolute atomic E-state index is 12.2. The van der Waals surface area contributed by atoms with Crippen molar-refractivity contribution in [3.63, 3.8) is 0 Å². The van der Waals surface area contributed by atoms with Gasteiger partial charge in [-0.15, -0.1) is 0 Å². The van der Waals surface area contributed by atoms with Gasteiger partial charge >= 0.3 is 0 Å². The predicted octanol–water partition coefficient (Wildman–Crippen LogP) is 1.35. The molecule has 2 aliphatic rings. The van der Waals surface area contributed by atoms with Gasteiger partial charge in [0, 0.05) is 25.9 Å². The van der Waals surface area contributed by atoms with E-state index in [9.17, 15) is 4.79 Å². The van der Waals surface area contributed by atoms with Crippen LogP contribution >= 0.6 is 0 Å². The van der Waals surface area contributed by atoms with Gasteiger partial charge < -0.3 is 15.2 Å². The van der Waals surface area contributed by atoms with Crippen molar-refractivity contribution in [2.45, 2.75) is 64.0 Å². The number of carbonyl (C=O) groups excluding carboxylic acids is 1. The van der Waals surface area contributed by atoms with E-state index in [1.807, 2.05) is 0 Å². The third-order valence-corrected chi connectivity index (χ3v) is 4.68. The first kappa shape index (κ1) is 14.5. The van der Waals surface area contributed by atoms with Crippen LogP contribution in [-0.4, -0.2) is 34.7 Å². The molecule has 0 radical (unpaired) electrons. The number of hydrogen-bond acceptors (Lipinski definition) is 5. The summed E-state index contributed by atoms with van der Waals surface area (Å²) >= 11 is 0. The third-order valence-electron chi connectivity index (χ3n) is 4.68. The van der Waals surface area contributed by atoms with Crippen molar-refractivity contribution in [1.82, 2.24) is 20.8 Å². The highest BCUT2D eigenvalue weighted by Gasteiger charge is 2.34. The van der Waals surface area contributed by atoms with Crippen LogP contribution in [0.25, 0.3) is 0 Å². The van der Waals surface area contributed by atoms with E-state index in [0.717, 1.165) is 12.3 Å². The van der Waals surface area contributed by atoms with Crippen LogP contribution in [0.3, 0.4) is 0 Å². The van der Waals surface area contributed by atoms with Gasteiger partial charge in [0.05, 0.1) is 6.04 Å². The zero-order valence-electron chi connectivity index (χ0n) is 12.6. The van der Waals surface area contributed by atoms with Gasteiger partial charge in [0.15, 0.2) is 5.82 Å². The van der Waals surface area contributed by atoms with Crippen LogP contribution in [0.15, 0.2) is 4.52 Å². The minimum atomic E-state index is -0.0312. The van der Waals surface area contributed by atoms with Gasteiger partial charge in [-0.1, -0.05) is 18.0 Å². The first-order chi connectivity index (χ1) is 10.2. The molecule has 2 fully saturated rings. The minimum Gasteiger partial charge on any atom is -0.354 e. The zero-order valence-corrected chi connectivity index (χ0v) is 12.6. The summed E-state index contributed by atoms with van der Waals surface area (Å²) in [5, 5.41) is 10.4. The van der Waals surface area contributed by atoms with Crippen molar-refractivity contribution >= 4 is 5.91 Å². The zero-order chi connectivity index (χ0) is 14.7. The predicted molar refractivity (Wildman–Crippen MR) is 77.7 cm³/mol. The summed E-state index contributed by atoms with van der Waals surface area (Å²) in [6.07, 6.45) is 7.93. The average Bonchev–Trinajstić information content (AvgIpc) is 2.92. The molecule has 3 unspecified atom stereocenters. The van der Waals surface area contributed by atoms with Gasteiger partial charge in [-0.3, -0.25) is 4.79 Å². The molecule has 0 aromatic carbocycles. The van der Waals surface area contributed by atoms with E-state index in [-0.39, 0.29) is 11.9 Å². The van der Waals surface area contributed by atoms with E-state index in [0.29, 0.717) is 30.7 Å². The molecule has 3 rings (SSSR count). The second-order valence-corrected chi connectivity index (χ2v) is 6.22. The second-order valence-electron chi connectivity index (χ2n) is 6.22. The SMILES string of the molecule is Cc1nc(CCNC(=O)C2CCC3CCCCC3N2)no1. The molecule has 3 atom stereocenters. The molecule has 1 saturated heterocycles. The highest BCUT2D eigenvalue weighted by atomic mass is 16.5. The van der Waals surface area contributed by atoms with Crippen LogP contribution in [0.5, 0.6) is 0 Å². The molecular formula is C15H24N4O2. The molecule has 1 aromatic heterocycles. The third kappa shape index (κ3) is 3.61. The number of hydrogen-bond donors (Lipinski definition) is 2. The number of nitrogens with one attached hydrogen (secondary N) is 2. The molecule has 1 aromatic rings. The van der Waals surface area contributed by atoms with Crippen LogP contribution < -0.4 is 10.6 Å². The van der Waals surface area contributed by atoms with Gasteiger partial charge in [0.1, 0.15) is 0 Å². The number of aromatic nitrogens is 2. The average molecular weight is 292 g/mol. The largest absolute Gasteiger partial charge is 0.354 e. The molecule has 6 heteroatoms. The number of rotatable bonds is 4. The van der Waals surface area contributed by atoms with Crippen molar-refractivity contribution < 1.29 is 9.32 Å². The highest BCUT2D eigenvalue weighted by molar-refractivity contribution is 5.81. The number of nitrogens with zero attached hydrogens (tertiary/aromatic N) is 2. The van der Waals surface area contributed by atoms with Crippen LogP contribution in [0.4, 0.5) is 0 Å². The Morgan fingerprint density at radius 2 is 2.19 bits per heavy atom. The maximum Gasteiger partial charge on any atom is 0.237 e. The van der Waals surface area contributed by atoms with E-state index in [2.05, 4.69) is 20.8 Å². The fourth-order valence-corrected chi connectivity index (χ4v) is 3.57. The quantitative estimate of drug-likeness (QED) is 0.875. The Balaban J connectivity index is 1.43. The van der Waals surface area contributed by atoms with Gasteiger partial charge in [-0.05, 0) is 31.6 Å². The summed E-state index contributed by atoms with van der Waals surface area (Å²) in [6.45, 7) is 2.33. The Bertz CT molecular complexity index is 488. The van der Waals surface area contributed by atoms with E-state index >= 15 is 0 Å². The van der Waals surface area contributed by atoms with Crippen LogP contribution in [0, 0.1) is 12.8 Å². The van der Waals surface area contributed by atoms with Crippen molar-refractivity contribution in [3.05, 3.63) is 11.7 Å². The van der Waals surface area contributed by atoms with Crippen molar-refractivity contribution in [2.24, 2.45) is 5.92 Å². The molecule has 1 aliphatic carbocycles. The molecule has 2 N–H and O–H groups in total. The maximum atomic E-state index is 12.2. The number of aryl methyl sites for hydroxylation is 1. The summed E-state index contributed by atoms with van der Waals surface area (Å²) < 4.78 is 4.91. The first-order valence-corrected chi connectivity index (χ1v) is 8.05. The van der Waals surface area contributed by atoms with Gasteiger partial charge in [-0.25, -0.2) is 0 Å². The number of piperidine rings is 1. The molecule has 1 saturated carbocycles. The normalized spacial score (nSPS) is 28.9. The molecule has 1 amide bonds. The van der Waals surface area contributed by atoms with E-state index in [1.165, 1.54) is 32.1 Å². The van der Waals surface area contributed by atoms with Crippen LogP contribution in [-0.2, 0) is 11.2 Å². The molecular weight excluding hydrogens is 268 g/mol. The number of carbonyl (C=O) groups is 1. The Hall–Kier alpha value is -1.43. The molecule has 116 valence electrons. The van der Waals surface area contributed by atoms with Gasteiger partial charge in [-0.2, -0.15) is 4.98 Å². The lowest BCUT2D eigenvalue weighted by molar-refractivity contribution is -0.124. The molecule has 0 bridgehead atoms. The summed E-state index contributed by atoms with van der Waals surface area (Å²) in [4.78, 5) is 16.4. The Kier molecular flexibility index (Phi) is 4.53. The Morgan fingerprint density at radius 1 is 1.33 bits per heavy atom. The molecule has 0 spiro atoms. The van der Waals surface area contributed by atoms with Crippen molar-refractivity contribution in [1.29, 1.82) is 0 Å². The van der Waals surface area contributed by atoms with Gasteiger partial charge in [0.25, 0.3) is 0 Å². The number of amides is 1. The lowest BCUT2D eigenvalue weighted by Crippen LogP contribution is -2.55. The second kappa shape index (κ2) is 6.56. The molecule has 21 heavy (non-hydrogen) atoms. The molecule has 2 heterocycles. The number of fused-ring (bicyclic) bond motifs is 1. The topological polar surface area (TPSA) is 80.0 Å². The minimum absolute atomic E-state index is 0.0312. The van der Waals surface area contributed by atoms with Crippen LogP contribution in [0.1, 0.15) is 50.2 Å². The fourth-order valence-electron chi connectivity index (χ4n) is 3.57. The van der Waals surface area contributed by atoms with E-state index in [4.69, 9.17) is 4.52 Å². The molecule has 6 nitrogen and oxygen atoms in total. The highest BCUT2D eigenvalue weighted by Crippen LogP contribution is 2.32. The first-order valence-electron chi connectivity index (χ1n) is 8.05. The summed E-state index contributed by atoms with van der Waals surface area (Å²) in [5.41, 5.74) is 0.